The zero-order chi connectivity index (χ0) is 12.3. The summed E-state index contributed by atoms with van der Waals surface area (Å²) in [6, 6.07) is 8.67. The van der Waals surface area contributed by atoms with Gasteiger partial charge < -0.3 is 5.73 Å². The molecule has 1 aromatic carbocycles. The first kappa shape index (κ1) is 12.1. The molecule has 2 N–H and O–H groups in total. The van der Waals surface area contributed by atoms with Gasteiger partial charge in [0.2, 0.25) is 0 Å². The molecule has 0 saturated heterocycles. The summed E-state index contributed by atoms with van der Waals surface area (Å²) in [6.45, 7) is 1.84. The van der Waals surface area contributed by atoms with Crippen LogP contribution in [0.25, 0.3) is 0 Å². The third kappa shape index (κ3) is 3.05. The van der Waals surface area contributed by atoms with E-state index in [9.17, 15) is 4.39 Å². The lowest BCUT2D eigenvalue weighted by atomic mass is 10.1. The fourth-order valence-electron chi connectivity index (χ4n) is 1.42. The van der Waals surface area contributed by atoms with Crippen LogP contribution in [0, 0.1) is 5.82 Å². The molecule has 2 rings (SSSR count). The van der Waals surface area contributed by atoms with Gasteiger partial charge in [0.25, 0.3) is 0 Å². The van der Waals surface area contributed by atoms with Crippen LogP contribution < -0.4 is 5.73 Å². The first-order valence-corrected chi connectivity index (χ1v) is 6.11. The summed E-state index contributed by atoms with van der Waals surface area (Å²) in [5.41, 5.74) is 6.51. The van der Waals surface area contributed by atoms with E-state index in [0.717, 1.165) is 10.5 Å². The highest BCUT2D eigenvalue weighted by molar-refractivity contribution is 7.99. The zero-order valence-corrected chi connectivity index (χ0v) is 10.2. The van der Waals surface area contributed by atoms with Crippen LogP contribution in [0.2, 0.25) is 0 Å². The molecule has 17 heavy (non-hydrogen) atoms. The Balaban J connectivity index is 2.23. The van der Waals surface area contributed by atoms with Crippen molar-refractivity contribution in [2.45, 2.75) is 22.8 Å². The standard InChI is InChI=1S/C13H13FN2S/c1-9(15)10-2-3-13(12(14)8-10)17-11-4-6-16-7-5-11/h2-9H,15H2,1H3/t9-/m0/s1. The molecular weight excluding hydrogens is 235 g/mol. The predicted molar refractivity (Wildman–Crippen MR) is 67.4 cm³/mol. The van der Waals surface area contributed by atoms with Crippen LogP contribution in [0.5, 0.6) is 0 Å². The Hall–Kier alpha value is -1.39. The van der Waals surface area contributed by atoms with E-state index < -0.39 is 0 Å². The van der Waals surface area contributed by atoms with Gasteiger partial charge in [0.1, 0.15) is 5.82 Å². The van der Waals surface area contributed by atoms with E-state index in [-0.39, 0.29) is 11.9 Å². The van der Waals surface area contributed by atoms with Crippen molar-refractivity contribution in [1.82, 2.24) is 4.98 Å². The van der Waals surface area contributed by atoms with Gasteiger partial charge in [0.05, 0.1) is 0 Å². The molecule has 0 saturated carbocycles. The predicted octanol–water partition coefficient (Wildman–Crippen LogP) is 3.39. The van der Waals surface area contributed by atoms with Crippen molar-refractivity contribution in [1.29, 1.82) is 0 Å². The highest BCUT2D eigenvalue weighted by Gasteiger charge is 2.07. The summed E-state index contributed by atoms with van der Waals surface area (Å²) in [4.78, 5) is 5.49. The largest absolute Gasteiger partial charge is 0.324 e. The third-order valence-electron chi connectivity index (χ3n) is 2.36. The number of hydrogen-bond acceptors (Lipinski definition) is 3. The molecule has 4 heteroatoms. The maximum atomic E-state index is 13.8. The third-order valence-corrected chi connectivity index (χ3v) is 3.42. The lowest BCUT2D eigenvalue weighted by Gasteiger charge is -2.08. The highest BCUT2D eigenvalue weighted by Crippen LogP contribution is 2.30. The first-order chi connectivity index (χ1) is 8.16. The second kappa shape index (κ2) is 5.29. The van der Waals surface area contributed by atoms with Crippen molar-refractivity contribution in [3.63, 3.8) is 0 Å². The minimum atomic E-state index is -0.235. The Morgan fingerprint density at radius 2 is 1.94 bits per heavy atom. The second-order valence-electron chi connectivity index (χ2n) is 3.76. The number of aromatic nitrogens is 1. The number of nitrogens with zero attached hydrogens (tertiary/aromatic N) is 1. The zero-order valence-electron chi connectivity index (χ0n) is 9.43. The molecule has 88 valence electrons. The summed E-state index contributed by atoms with van der Waals surface area (Å²) in [5, 5.41) is 0. The summed E-state index contributed by atoms with van der Waals surface area (Å²) in [7, 11) is 0. The number of hydrogen-bond donors (Lipinski definition) is 1. The number of rotatable bonds is 3. The van der Waals surface area contributed by atoms with Crippen LogP contribution in [0.1, 0.15) is 18.5 Å². The fourth-order valence-corrected chi connectivity index (χ4v) is 2.22. The maximum absolute atomic E-state index is 13.8. The average Bonchev–Trinajstić information content (AvgIpc) is 2.33. The lowest BCUT2D eigenvalue weighted by molar-refractivity contribution is 0.596. The molecule has 0 fully saturated rings. The minimum Gasteiger partial charge on any atom is -0.324 e. The number of benzene rings is 1. The van der Waals surface area contributed by atoms with Crippen LogP contribution in [-0.4, -0.2) is 4.98 Å². The van der Waals surface area contributed by atoms with Crippen molar-refractivity contribution >= 4 is 11.8 Å². The molecule has 2 aromatic rings. The fraction of sp³-hybridized carbons (Fsp3) is 0.154. The molecule has 0 aliphatic rings. The summed E-state index contributed by atoms with van der Waals surface area (Å²) < 4.78 is 13.8. The monoisotopic (exact) mass is 248 g/mol. The van der Waals surface area contributed by atoms with Gasteiger partial charge in [0.15, 0.2) is 0 Å². The van der Waals surface area contributed by atoms with Gasteiger partial charge in [-0.2, -0.15) is 0 Å². The average molecular weight is 248 g/mol. The Kier molecular flexibility index (Phi) is 3.76. The Labute approximate surface area is 104 Å². The van der Waals surface area contributed by atoms with E-state index in [1.54, 1.807) is 18.5 Å². The summed E-state index contributed by atoms with van der Waals surface area (Å²) in [6.07, 6.45) is 3.38. The van der Waals surface area contributed by atoms with Crippen molar-refractivity contribution < 1.29 is 4.39 Å². The Bertz CT molecular complexity index is 500. The van der Waals surface area contributed by atoms with Crippen molar-refractivity contribution in [3.05, 3.63) is 54.1 Å². The van der Waals surface area contributed by atoms with E-state index in [1.807, 2.05) is 25.1 Å². The molecule has 0 spiro atoms. The second-order valence-corrected chi connectivity index (χ2v) is 4.88. The van der Waals surface area contributed by atoms with E-state index in [2.05, 4.69) is 4.98 Å². The number of pyridine rings is 1. The Morgan fingerprint density at radius 1 is 1.24 bits per heavy atom. The van der Waals surface area contributed by atoms with Gasteiger partial charge >= 0.3 is 0 Å². The van der Waals surface area contributed by atoms with Gasteiger partial charge in [-0.15, -0.1) is 0 Å². The van der Waals surface area contributed by atoms with E-state index in [0.29, 0.717) is 4.90 Å². The molecule has 1 atom stereocenters. The van der Waals surface area contributed by atoms with Gasteiger partial charge in [0, 0.05) is 28.2 Å². The number of nitrogens with two attached hydrogens (primary N) is 1. The highest BCUT2D eigenvalue weighted by atomic mass is 32.2. The normalized spacial score (nSPS) is 12.4. The van der Waals surface area contributed by atoms with Crippen molar-refractivity contribution in [2.75, 3.05) is 0 Å². The van der Waals surface area contributed by atoms with Gasteiger partial charge in [-0.25, -0.2) is 4.39 Å². The smallest absolute Gasteiger partial charge is 0.137 e. The van der Waals surface area contributed by atoms with Crippen LogP contribution in [0.3, 0.4) is 0 Å². The minimum absolute atomic E-state index is 0.149. The van der Waals surface area contributed by atoms with Crippen LogP contribution >= 0.6 is 11.8 Å². The molecule has 0 aliphatic heterocycles. The molecule has 2 nitrogen and oxygen atoms in total. The molecular formula is C13H13FN2S. The maximum Gasteiger partial charge on any atom is 0.137 e. The van der Waals surface area contributed by atoms with Gasteiger partial charge in [-0.1, -0.05) is 17.8 Å². The molecule has 0 bridgehead atoms. The lowest BCUT2D eigenvalue weighted by Crippen LogP contribution is -2.05. The molecule has 0 amide bonds. The topological polar surface area (TPSA) is 38.9 Å². The van der Waals surface area contributed by atoms with E-state index >= 15 is 0 Å². The summed E-state index contributed by atoms with van der Waals surface area (Å²) in [5.74, 6) is -0.235. The van der Waals surface area contributed by atoms with Crippen molar-refractivity contribution in [2.24, 2.45) is 5.73 Å². The van der Waals surface area contributed by atoms with Crippen LogP contribution in [0.4, 0.5) is 4.39 Å². The van der Waals surface area contributed by atoms with E-state index in [1.165, 1.54) is 17.8 Å². The quantitative estimate of drug-likeness (QED) is 0.905. The molecule has 1 heterocycles. The SMILES string of the molecule is C[C@H](N)c1ccc(Sc2ccncc2)c(F)c1. The first-order valence-electron chi connectivity index (χ1n) is 5.30. The molecule has 1 aromatic heterocycles. The van der Waals surface area contributed by atoms with Gasteiger partial charge in [-0.3, -0.25) is 4.98 Å². The number of halogens is 1. The Morgan fingerprint density at radius 3 is 2.53 bits per heavy atom. The van der Waals surface area contributed by atoms with Crippen LogP contribution in [0.15, 0.2) is 52.5 Å². The van der Waals surface area contributed by atoms with Crippen molar-refractivity contribution in [3.8, 4) is 0 Å². The van der Waals surface area contributed by atoms with Gasteiger partial charge in [-0.05, 0) is 36.8 Å². The molecule has 0 aliphatic carbocycles. The van der Waals surface area contributed by atoms with Crippen LogP contribution in [-0.2, 0) is 0 Å². The summed E-state index contributed by atoms with van der Waals surface area (Å²) >= 11 is 1.38. The molecule has 0 radical (unpaired) electrons. The van der Waals surface area contributed by atoms with E-state index in [4.69, 9.17) is 5.73 Å². The molecule has 0 unspecified atom stereocenters.